The van der Waals surface area contributed by atoms with Crippen molar-refractivity contribution >= 4 is 29.3 Å². The average Bonchev–Trinajstić information content (AvgIpc) is 2.45. The van der Waals surface area contributed by atoms with Gasteiger partial charge in [0.2, 0.25) is 5.91 Å². The van der Waals surface area contributed by atoms with E-state index in [2.05, 4.69) is 0 Å². The number of carboxylic acid groups (broad SMARTS) is 1. The van der Waals surface area contributed by atoms with E-state index in [1.54, 1.807) is 26.1 Å². The van der Waals surface area contributed by atoms with Crippen LogP contribution in [-0.2, 0) is 9.59 Å². The second kappa shape index (κ2) is 7.63. The van der Waals surface area contributed by atoms with Gasteiger partial charge in [0.15, 0.2) is 0 Å². The lowest BCUT2D eigenvalue weighted by molar-refractivity contribution is -0.384. The molecule has 1 amide bonds. The Labute approximate surface area is 126 Å². The highest BCUT2D eigenvalue weighted by Gasteiger charge is 2.19. The Morgan fingerprint density at radius 1 is 1.43 bits per heavy atom. The summed E-state index contributed by atoms with van der Waals surface area (Å²) in [5, 5.41) is 19.3. The fraction of sp³-hybridized carbons (Fsp3) is 0.385. The Bertz CT molecular complexity index is 549. The van der Waals surface area contributed by atoms with Crippen LogP contribution in [0.3, 0.4) is 0 Å². The van der Waals surface area contributed by atoms with Gasteiger partial charge in [-0.1, -0.05) is 12.1 Å². The van der Waals surface area contributed by atoms with Gasteiger partial charge < -0.3 is 10.0 Å². The SMILES string of the molecule is CC(c1cccc([N+](=O)[O-])c1)N(C)C(=O)CSCC(=O)O. The molecule has 0 radical (unpaired) electrons. The van der Waals surface area contributed by atoms with Gasteiger partial charge in [-0.2, -0.15) is 0 Å². The Morgan fingerprint density at radius 2 is 2.10 bits per heavy atom. The fourth-order valence-electron chi connectivity index (χ4n) is 1.67. The number of nitro benzene ring substituents is 1. The monoisotopic (exact) mass is 312 g/mol. The zero-order chi connectivity index (χ0) is 16.0. The maximum absolute atomic E-state index is 11.9. The predicted molar refractivity (Wildman–Crippen MR) is 79.2 cm³/mol. The molecular formula is C13H16N2O5S. The van der Waals surface area contributed by atoms with E-state index in [0.717, 1.165) is 11.8 Å². The van der Waals surface area contributed by atoms with Crippen molar-refractivity contribution in [3.63, 3.8) is 0 Å². The quantitative estimate of drug-likeness (QED) is 0.610. The number of non-ortho nitro benzene ring substituents is 1. The van der Waals surface area contributed by atoms with Crippen LogP contribution in [0.15, 0.2) is 24.3 Å². The molecule has 8 heteroatoms. The van der Waals surface area contributed by atoms with Crippen molar-refractivity contribution < 1.29 is 19.6 Å². The van der Waals surface area contributed by atoms with Crippen LogP contribution >= 0.6 is 11.8 Å². The van der Waals surface area contributed by atoms with Gasteiger partial charge in [0, 0.05) is 19.2 Å². The van der Waals surface area contributed by atoms with Gasteiger partial charge in [-0.25, -0.2) is 0 Å². The average molecular weight is 312 g/mol. The molecule has 1 aromatic carbocycles. The van der Waals surface area contributed by atoms with E-state index in [-0.39, 0.29) is 29.1 Å². The number of carboxylic acids is 1. The molecule has 1 unspecified atom stereocenters. The molecule has 0 bridgehead atoms. The number of carbonyl (C=O) groups is 2. The van der Waals surface area contributed by atoms with E-state index >= 15 is 0 Å². The van der Waals surface area contributed by atoms with Crippen molar-refractivity contribution in [3.05, 3.63) is 39.9 Å². The number of thioether (sulfide) groups is 1. The normalized spacial score (nSPS) is 11.7. The third-order valence-corrected chi connectivity index (χ3v) is 3.89. The smallest absolute Gasteiger partial charge is 0.313 e. The van der Waals surface area contributed by atoms with Crippen LogP contribution < -0.4 is 0 Å². The summed E-state index contributed by atoms with van der Waals surface area (Å²) in [4.78, 5) is 34.1. The lowest BCUT2D eigenvalue weighted by Gasteiger charge is -2.25. The second-order valence-corrected chi connectivity index (χ2v) is 5.40. The first-order chi connectivity index (χ1) is 9.82. The molecule has 0 aliphatic carbocycles. The molecule has 0 spiro atoms. The number of hydrogen-bond donors (Lipinski definition) is 1. The lowest BCUT2D eigenvalue weighted by Crippen LogP contribution is -2.31. The third-order valence-electron chi connectivity index (χ3n) is 2.99. The van der Waals surface area contributed by atoms with Crippen molar-refractivity contribution in [2.75, 3.05) is 18.6 Å². The molecule has 0 aliphatic heterocycles. The predicted octanol–water partition coefficient (Wildman–Crippen LogP) is 1.93. The molecule has 114 valence electrons. The number of nitrogens with zero attached hydrogens (tertiary/aromatic N) is 2. The number of carbonyl (C=O) groups excluding carboxylic acids is 1. The molecular weight excluding hydrogens is 296 g/mol. The van der Waals surface area contributed by atoms with Crippen molar-refractivity contribution in [2.45, 2.75) is 13.0 Å². The van der Waals surface area contributed by atoms with Gasteiger partial charge >= 0.3 is 5.97 Å². The molecule has 0 fully saturated rings. The zero-order valence-corrected chi connectivity index (χ0v) is 12.5. The van der Waals surface area contributed by atoms with E-state index in [0.29, 0.717) is 5.56 Å². The highest BCUT2D eigenvalue weighted by molar-refractivity contribution is 8.00. The standard InChI is InChI=1S/C13H16N2O5S/c1-9(10-4-3-5-11(6-10)15(19)20)14(2)12(16)7-21-8-13(17)18/h3-6,9H,7-8H2,1-2H3,(H,17,18). The lowest BCUT2D eigenvalue weighted by atomic mass is 10.1. The number of rotatable bonds is 7. The maximum atomic E-state index is 11.9. The summed E-state index contributed by atoms with van der Waals surface area (Å²) in [6.45, 7) is 1.76. The number of benzene rings is 1. The van der Waals surface area contributed by atoms with Crippen LogP contribution in [-0.4, -0.2) is 45.4 Å². The summed E-state index contributed by atoms with van der Waals surface area (Å²) < 4.78 is 0. The van der Waals surface area contributed by atoms with Gasteiger partial charge in [-0.05, 0) is 12.5 Å². The first-order valence-electron chi connectivity index (χ1n) is 6.12. The highest BCUT2D eigenvalue weighted by atomic mass is 32.2. The Hall–Kier alpha value is -2.09. The minimum Gasteiger partial charge on any atom is -0.481 e. The summed E-state index contributed by atoms with van der Waals surface area (Å²) in [6.07, 6.45) is 0. The Balaban J connectivity index is 2.70. The van der Waals surface area contributed by atoms with Crippen LogP contribution in [0, 0.1) is 10.1 Å². The zero-order valence-electron chi connectivity index (χ0n) is 11.7. The van der Waals surface area contributed by atoms with E-state index in [9.17, 15) is 19.7 Å². The van der Waals surface area contributed by atoms with Crippen LogP contribution in [0.1, 0.15) is 18.5 Å². The van der Waals surface area contributed by atoms with E-state index in [4.69, 9.17) is 5.11 Å². The van der Waals surface area contributed by atoms with Crippen LogP contribution in [0.4, 0.5) is 5.69 Å². The number of nitro groups is 1. The Kier molecular flexibility index (Phi) is 6.16. The highest BCUT2D eigenvalue weighted by Crippen LogP contribution is 2.23. The van der Waals surface area contributed by atoms with Crippen molar-refractivity contribution in [1.82, 2.24) is 4.90 Å². The van der Waals surface area contributed by atoms with E-state index in [1.165, 1.54) is 17.0 Å². The number of hydrogen-bond acceptors (Lipinski definition) is 5. The van der Waals surface area contributed by atoms with Crippen molar-refractivity contribution in [1.29, 1.82) is 0 Å². The minimum absolute atomic E-state index is 0.0274. The molecule has 0 saturated carbocycles. The number of amides is 1. The third kappa shape index (κ3) is 5.07. The van der Waals surface area contributed by atoms with Gasteiger partial charge in [0.05, 0.1) is 22.5 Å². The van der Waals surface area contributed by atoms with Crippen LogP contribution in [0.2, 0.25) is 0 Å². The maximum Gasteiger partial charge on any atom is 0.313 e. The largest absolute Gasteiger partial charge is 0.481 e. The summed E-state index contributed by atoms with van der Waals surface area (Å²) in [5.41, 5.74) is 0.628. The fourth-order valence-corrected chi connectivity index (χ4v) is 2.32. The molecule has 0 aromatic heterocycles. The van der Waals surface area contributed by atoms with E-state index in [1.807, 2.05) is 0 Å². The molecule has 7 nitrogen and oxygen atoms in total. The minimum atomic E-state index is -0.970. The van der Waals surface area contributed by atoms with Crippen molar-refractivity contribution in [3.8, 4) is 0 Å². The molecule has 0 heterocycles. The summed E-state index contributed by atoms with van der Waals surface area (Å²) in [7, 11) is 1.59. The first kappa shape index (κ1) is 17.0. The molecule has 21 heavy (non-hydrogen) atoms. The second-order valence-electron chi connectivity index (χ2n) is 4.42. The molecule has 0 saturated heterocycles. The van der Waals surface area contributed by atoms with Crippen molar-refractivity contribution in [2.24, 2.45) is 0 Å². The molecule has 1 rings (SSSR count). The van der Waals surface area contributed by atoms with Crippen LogP contribution in [0.5, 0.6) is 0 Å². The first-order valence-corrected chi connectivity index (χ1v) is 7.28. The Morgan fingerprint density at radius 3 is 2.67 bits per heavy atom. The van der Waals surface area contributed by atoms with Gasteiger partial charge in [0.25, 0.3) is 5.69 Å². The molecule has 0 aliphatic rings. The summed E-state index contributed by atoms with van der Waals surface area (Å²) >= 11 is 1.02. The molecule has 1 aromatic rings. The topological polar surface area (TPSA) is 101 Å². The van der Waals surface area contributed by atoms with Gasteiger partial charge in [-0.3, -0.25) is 19.7 Å². The van der Waals surface area contributed by atoms with Gasteiger partial charge in [-0.15, -0.1) is 11.8 Å². The van der Waals surface area contributed by atoms with Crippen LogP contribution in [0.25, 0.3) is 0 Å². The summed E-state index contributed by atoms with van der Waals surface area (Å²) in [6, 6.07) is 5.77. The van der Waals surface area contributed by atoms with E-state index < -0.39 is 10.9 Å². The number of aliphatic carboxylic acids is 1. The molecule has 1 atom stereocenters. The molecule has 1 N–H and O–H groups in total. The van der Waals surface area contributed by atoms with Gasteiger partial charge in [0.1, 0.15) is 0 Å². The summed E-state index contributed by atoms with van der Waals surface area (Å²) in [5.74, 6) is -1.27.